The number of rotatable bonds is 15. The molecule has 0 amide bonds. The van der Waals surface area contributed by atoms with E-state index in [4.69, 9.17) is 19.2 Å². The van der Waals surface area contributed by atoms with Gasteiger partial charge < -0.3 is 14.7 Å². The predicted octanol–water partition coefficient (Wildman–Crippen LogP) is 6.67. The molecule has 0 saturated carbocycles. The van der Waals surface area contributed by atoms with Crippen LogP contribution in [0.5, 0.6) is 0 Å². The van der Waals surface area contributed by atoms with Crippen LogP contribution in [-0.2, 0) is 18.0 Å². The molecule has 0 atom stereocenters. The topological polar surface area (TPSA) is 77.8 Å². The molecule has 3 N–H and O–H groups in total. The molecule has 0 aromatic rings. The van der Waals surface area contributed by atoms with Gasteiger partial charge in [0, 0.05) is 0 Å². The number of unbranched alkanes of at least 4 members (excludes halogenated alkanes) is 9. The molecule has 0 fully saturated rings. The van der Waals surface area contributed by atoms with Gasteiger partial charge in [-0.25, -0.2) is 4.57 Å². The van der Waals surface area contributed by atoms with E-state index in [1.165, 1.54) is 77.0 Å². The first-order valence-corrected chi connectivity index (χ1v) is 13.2. The molecule has 4 nitrogen and oxygen atoms in total. The molecule has 0 radical (unpaired) electrons. The zero-order valence-electron chi connectivity index (χ0n) is 16.1. The van der Waals surface area contributed by atoms with Crippen LogP contribution in [0.3, 0.4) is 0 Å². The third-order valence-corrected chi connectivity index (χ3v) is 6.71. The van der Waals surface area contributed by atoms with Gasteiger partial charge in [-0.05, 0) is 0 Å². The Morgan fingerprint density at radius 2 is 0.833 bits per heavy atom. The molecule has 0 rings (SSSR count). The maximum Gasteiger partial charge on any atom is 0.466 e. The van der Waals surface area contributed by atoms with Gasteiger partial charge in [-0.2, -0.15) is 0 Å². The predicted molar refractivity (Wildman–Crippen MR) is 101 cm³/mol. The van der Waals surface area contributed by atoms with E-state index < -0.39 is 7.82 Å². The fourth-order valence-electron chi connectivity index (χ4n) is 2.23. The Balaban J connectivity index is 0. The van der Waals surface area contributed by atoms with E-state index in [0.717, 1.165) is 0 Å². The SMILES string of the molecule is CCCCC[CH2][Ni]([CH2]CCCCC)[CH2]CCCCC.O=P(O)(O)O. The summed E-state index contributed by atoms with van der Waals surface area (Å²) < 4.78 is 8.88. The van der Waals surface area contributed by atoms with Gasteiger partial charge in [0.05, 0.1) is 0 Å². The smallest absolute Gasteiger partial charge is 0.303 e. The van der Waals surface area contributed by atoms with Crippen LogP contribution < -0.4 is 0 Å². The summed E-state index contributed by atoms with van der Waals surface area (Å²) in [6.45, 7) is 6.95. The quantitative estimate of drug-likeness (QED) is 0.159. The van der Waals surface area contributed by atoms with Crippen molar-refractivity contribution in [3.8, 4) is 0 Å². The standard InChI is InChI=1S/3C6H13.Ni.H3O4P/c3*1-3-5-6-4-2;;1-5(2,3)4/h3*1,3-6H2,2H3;;(H3,1,2,3,4). The fourth-order valence-corrected chi connectivity index (χ4v) is 5.19. The van der Waals surface area contributed by atoms with Crippen molar-refractivity contribution in [2.45, 2.75) is 114 Å². The van der Waals surface area contributed by atoms with Gasteiger partial charge in [-0.3, -0.25) is 0 Å². The second kappa shape index (κ2) is 19.9. The Kier molecular flexibility index (Phi) is 22.3. The maximum absolute atomic E-state index is 8.88. The minimum Gasteiger partial charge on any atom is -0.303 e. The summed E-state index contributed by atoms with van der Waals surface area (Å²) >= 11 is 0.624. The van der Waals surface area contributed by atoms with Crippen LogP contribution in [0.2, 0.25) is 16.2 Å². The minimum absolute atomic E-state index is 0.624. The average molecular weight is 412 g/mol. The summed E-state index contributed by atoms with van der Waals surface area (Å²) in [5, 5.41) is 4.66. The van der Waals surface area contributed by atoms with Crippen LogP contribution in [-0.4, -0.2) is 14.7 Å². The normalized spacial score (nSPS) is 11.8. The molecule has 0 bridgehead atoms. The summed E-state index contributed by atoms with van der Waals surface area (Å²) in [6.07, 6.45) is 17.4. The van der Waals surface area contributed by atoms with E-state index in [1.54, 1.807) is 16.2 Å². The summed E-state index contributed by atoms with van der Waals surface area (Å²) in [7, 11) is -4.64. The van der Waals surface area contributed by atoms with Crippen LogP contribution in [0.1, 0.15) is 97.8 Å². The number of hydrogen-bond donors (Lipinski definition) is 3. The van der Waals surface area contributed by atoms with Crippen LogP contribution in [0.4, 0.5) is 0 Å². The van der Waals surface area contributed by atoms with E-state index in [0.29, 0.717) is 13.4 Å². The number of hydrogen-bond acceptors (Lipinski definition) is 1. The van der Waals surface area contributed by atoms with Gasteiger partial charge in [-0.1, -0.05) is 0 Å². The van der Waals surface area contributed by atoms with Crippen molar-refractivity contribution >= 4 is 7.82 Å². The van der Waals surface area contributed by atoms with Gasteiger partial charge in [0.15, 0.2) is 0 Å². The molecule has 0 aromatic carbocycles. The van der Waals surface area contributed by atoms with Crippen molar-refractivity contribution in [3.05, 3.63) is 0 Å². The van der Waals surface area contributed by atoms with Crippen LogP contribution in [0.15, 0.2) is 0 Å². The van der Waals surface area contributed by atoms with E-state index in [1.807, 2.05) is 0 Å². The van der Waals surface area contributed by atoms with E-state index in [2.05, 4.69) is 20.8 Å². The summed E-state index contributed by atoms with van der Waals surface area (Å²) in [5.74, 6) is 0. The first kappa shape index (κ1) is 26.8. The molecule has 0 unspecified atom stereocenters. The van der Waals surface area contributed by atoms with Crippen molar-refractivity contribution < 1.29 is 32.7 Å². The molecule has 0 aliphatic rings. The third-order valence-electron chi connectivity index (χ3n) is 3.57. The molecule has 0 saturated heterocycles. The Morgan fingerprint density at radius 3 is 1.04 bits per heavy atom. The zero-order valence-corrected chi connectivity index (χ0v) is 18.0. The molecule has 153 valence electrons. The summed E-state index contributed by atoms with van der Waals surface area (Å²) in [5.41, 5.74) is 0. The average Bonchev–Trinajstić information content (AvgIpc) is 2.49. The van der Waals surface area contributed by atoms with Crippen molar-refractivity contribution in [1.82, 2.24) is 0 Å². The van der Waals surface area contributed by atoms with E-state index in [9.17, 15) is 0 Å². The number of phosphoric acid groups is 1. The van der Waals surface area contributed by atoms with Gasteiger partial charge in [0.25, 0.3) is 0 Å². The first-order valence-electron chi connectivity index (χ1n) is 9.57. The third kappa shape index (κ3) is 30.5. The van der Waals surface area contributed by atoms with Crippen LogP contribution >= 0.6 is 7.82 Å². The molecule has 0 aliphatic carbocycles. The molecule has 24 heavy (non-hydrogen) atoms. The van der Waals surface area contributed by atoms with Crippen molar-refractivity contribution in [1.29, 1.82) is 0 Å². The Labute approximate surface area is 154 Å². The van der Waals surface area contributed by atoms with Crippen LogP contribution in [0.25, 0.3) is 0 Å². The van der Waals surface area contributed by atoms with Crippen molar-refractivity contribution in [2.24, 2.45) is 0 Å². The van der Waals surface area contributed by atoms with Gasteiger partial charge in [0.1, 0.15) is 0 Å². The first-order chi connectivity index (χ1) is 11.3. The van der Waals surface area contributed by atoms with Gasteiger partial charge in [-0.15, -0.1) is 0 Å². The summed E-state index contributed by atoms with van der Waals surface area (Å²) in [4.78, 5) is 21.6. The molecule has 0 spiro atoms. The van der Waals surface area contributed by atoms with Crippen molar-refractivity contribution in [2.75, 3.05) is 0 Å². The second-order valence-electron chi connectivity index (χ2n) is 6.14. The maximum atomic E-state index is 8.88. The minimum atomic E-state index is -4.64. The molecule has 0 aromatic heterocycles. The molecular weight excluding hydrogens is 370 g/mol. The zero-order chi connectivity index (χ0) is 18.7. The fraction of sp³-hybridized carbons (Fsp3) is 1.00. The van der Waals surface area contributed by atoms with Gasteiger partial charge in [0.2, 0.25) is 0 Å². The molecule has 0 aliphatic heterocycles. The van der Waals surface area contributed by atoms with Crippen LogP contribution in [0, 0.1) is 0 Å². The Hall–Kier alpha value is 0.604. The Morgan fingerprint density at radius 1 is 0.583 bits per heavy atom. The van der Waals surface area contributed by atoms with E-state index in [-0.39, 0.29) is 0 Å². The largest absolute Gasteiger partial charge is 0.466 e. The second-order valence-corrected chi connectivity index (χ2v) is 10.1. The Bertz CT molecular complexity index is 247. The monoisotopic (exact) mass is 411 g/mol. The molecule has 6 heteroatoms. The van der Waals surface area contributed by atoms with Gasteiger partial charge >= 0.3 is 135 Å². The van der Waals surface area contributed by atoms with Crippen molar-refractivity contribution in [3.63, 3.8) is 0 Å². The summed E-state index contributed by atoms with van der Waals surface area (Å²) in [6, 6.07) is 0. The molecular formula is C18H42NiO4P. The molecule has 0 heterocycles. The van der Waals surface area contributed by atoms with E-state index >= 15 is 0 Å².